The van der Waals surface area contributed by atoms with Crippen LogP contribution in [0.25, 0.3) is 0 Å². The van der Waals surface area contributed by atoms with Gasteiger partial charge in [0.05, 0.1) is 10.6 Å². The Morgan fingerprint density at radius 3 is 2.90 bits per heavy atom. The number of nitrogens with zero attached hydrogens (tertiary/aromatic N) is 1. The van der Waals surface area contributed by atoms with Crippen LogP contribution in [-0.4, -0.2) is 4.98 Å². The van der Waals surface area contributed by atoms with E-state index in [9.17, 15) is 0 Å². The Morgan fingerprint density at radius 2 is 2.40 bits per heavy atom. The molecule has 0 amide bonds. The third-order valence-electron chi connectivity index (χ3n) is 0.988. The first kappa shape index (κ1) is 7.26. The van der Waals surface area contributed by atoms with Crippen molar-refractivity contribution < 1.29 is 0 Å². The SMILES string of the molecule is N#Cc1cc(Cl)c[nH]c1=S. The Labute approximate surface area is 68.1 Å². The number of hydrogen-bond acceptors (Lipinski definition) is 2. The molecule has 0 bridgehead atoms. The normalized spacial score (nSPS) is 8.80. The number of aromatic amines is 1. The summed E-state index contributed by atoms with van der Waals surface area (Å²) in [7, 11) is 0. The van der Waals surface area contributed by atoms with Crippen molar-refractivity contribution in [2.24, 2.45) is 0 Å². The molecule has 1 rings (SSSR count). The van der Waals surface area contributed by atoms with Crippen LogP contribution >= 0.6 is 23.8 Å². The highest BCUT2D eigenvalue weighted by molar-refractivity contribution is 7.71. The first-order valence-corrected chi connectivity index (χ1v) is 3.31. The van der Waals surface area contributed by atoms with Crippen LogP contribution < -0.4 is 0 Å². The quantitative estimate of drug-likeness (QED) is 0.607. The molecule has 0 aliphatic heterocycles. The maximum absolute atomic E-state index is 8.45. The second kappa shape index (κ2) is 2.82. The number of nitrogens with one attached hydrogen (secondary N) is 1. The molecule has 0 radical (unpaired) electrons. The molecule has 10 heavy (non-hydrogen) atoms. The highest BCUT2D eigenvalue weighted by atomic mass is 35.5. The van der Waals surface area contributed by atoms with Crippen molar-refractivity contribution in [3.05, 3.63) is 27.5 Å². The molecule has 50 valence electrons. The van der Waals surface area contributed by atoms with Gasteiger partial charge in [0, 0.05) is 6.20 Å². The summed E-state index contributed by atoms with van der Waals surface area (Å²) in [6, 6.07) is 3.44. The molecule has 0 unspecified atom stereocenters. The summed E-state index contributed by atoms with van der Waals surface area (Å²) in [5, 5.41) is 8.94. The van der Waals surface area contributed by atoms with Crippen LogP contribution in [0.15, 0.2) is 12.3 Å². The minimum absolute atomic E-state index is 0.405. The fourth-order valence-corrected chi connectivity index (χ4v) is 0.868. The fraction of sp³-hybridized carbons (Fsp3) is 0. The van der Waals surface area contributed by atoms with Gasteiger partial charge in [0.25, 0.3) is 0 Å². The minimum atomic E-state index is 0.405. The smallest absolute Gasteiger partial charge is 0.121 e. The first-order chi connectivity index (χ1) is 4.74. The van der Waals surface area contributed by atoms with Gasteiger partial charge in [-0.25, -0.2) is 0 Å². The zero-order chi connectivity index (χ0) is 7.56. The lowest BCUT2D eigenvalue weighted by molar-refractivity contribution is 1.27. The molecule has 0 aromatic carbocycles. The van der Waals surface area contributed by atoms with Gasteiger partial charge in [0.1, 0.15) is 10.7 Å². The number of rotatable bonds is 0. The monoisotopic (exact) mass is 170 g/mol. The second-order valence-corrected chi connectivity index (χ2v) is 2.52. The van der Waals surface area contributed by atoms with Crippen LogP contribution in [-0.2, 0) is 0 Å². The Bertz CT molecular complexity index is 336. The molecule has 0 aliphatic carbocycles. The summed E-state index contributed by atoms with van der Waals surface area (Å²) in [5.74, 6) is 0. The van der Waals surface area contributed by atoms with Gasteiger partial charge in [-0.2, -0.15) is 5.26 Å². The fourth-order valence-electron chi connectivity index (χ4n) is 0.540. The summed E-state index contributed by atoms with van der Waals surface area (Å²) < 4.78 is 0.423. The Balaban J connectivity index is 3.40. The third kappa shape index (κ3) is 1.35. The van der Waals surface area contributed by atoms with E-state index < -0.39 is 0 Å². The largest absolute Gasteiger partial charge is 0.350 e. The number of hydrogen-bond donors (Lipinski definition) is 1. The van der Waals surface area contributed by atoms with E-state index in [1.165, 1.54) is 6.07 Å². The minimum Gasteiger partial charge on any atom is -0.350 e. The average molecular weight is 171 g/mol. The topological polar surface area (TPSA) is 39.6 Å². The van der Waals surface area contributed by atoms with Gasteiger partial charge >= 0.3 is 0 Å². The molecule has 1 aromatic rings. The van der Waals surface area contributed by atoms with Crippen LogP contribution in [0.1, 0.15) is 5.56 Å². The van der Waals surface area contributed by atoms with Gasteiger partial charge in [-0.3, -0.25) is 0 Å². The number of nitriles is 1. The number of H-pyrrole nitrogens is 1. The third-order valence-corrected chi connectivity index (χ3v) is 1.54. The van der Waals surface area contributed by atoms with Crippen molar-refractivity contribution in [2.75, 3.05) is 0 Å². The van der Waals surface area contributed by atoms with Crippen molar-refractivity contribution >= 4 is 23.8 Å². The summed E-state index contributed by atoms with van der Waals surface area (Å²) in [5.41, 5.74) is 0.405. The van der Waals surface area contributed by atoms with Crippen molar-refractivity contribution in [3.63, 3.8) is 0 Å². The van der Waals surface area contributed by atoms with E-state index >= 15 is 0 Å². The van der Waals surface area contributed by atoms with E-state index in [0.29, 0.717) is 15.2 Å². The molecule has 0 spiro atoms. The summed E-state index contributed by atoms with van der Waals surface area (Å²) >= 11 is 10.3. The molecule has 1 N–H and O–H groups in total. The van der Waals surface area contributed by atoms with Gasteiger partial charge in [-0.15, -0.1) is 0 Å². The lowest BCUT2D eigenvalue weighted by Crippen LogP contribution is -1.79. The Hall–Kier alpha value is -0.850. The average Bonchev–Trinajstić information content (AvgIpc) is 1.94. The second-order valence-electron chi connectivity index (χ2n) is 1.67. The lowest BCUT2D eigenvalue weighted by Gasteiger charge is -1.89. The molecule has 2 nitrogen and oxygen atoms in total. The highest BCUT2D eigenvalue weighted by Gasteiger charge is 1.93. The number of halogens is 1. The van der Waals surface area contributed by atoms with E-state index in [4.69, 9.17) is 29.1 Å². The van der Waals surface area contributed by atoms with Crippen molar-refractivity contribution in [1.82, 2.24) is 4.98 Å². The maximum Gasteiger partial charge on any atom is 0.121 e. The van der Waals surface area contributed by atoms with Gasteiger partial charge in [0.15, 0.2) is 0 Å². The highest BCUT2D eigenvalue weighted by Crippen LogP contribution is 2.08. The van der Waals surface area contributed by atoms with Crippen LogP contribution in [0.4, 0.5) is 0 Å². The molecular formula is C6H3ClN2S. The predicted molar refractivity (Wildman–Crippen MR) is 41.4 cm³/mol. The van der Waals surface area contributed by atoms with E-state index in [-0.39, 0.29) is 0 Å². The summed E-state index contributed by atoms with van der Waals surface area (Å²) in [4.78, 5) is 2.68. The molecule has 0 saturated carbocycles. The molecule has 0 saturated heterocycles. The van der Waals surface area contributed by atoms with Gasteiger partial charge < -0.3 is 4.98 Å². The zero-order valence-electron chi connectivity index (χ0n) is 4.89. The molecular weight excluding hydrogens is 168 g/mol. The van der Waals surface area contributed by atoms with Crippen LogP contribution in [0.5, 0.6) is 0 Å². The van der Waals surface area contributed by atoms with Gasteiger partial charge in [-0.05, 0) is 6.07 Å². The van der Waals surface area contributed by atoms with E-state index in [1.54, 1.807) is 6.20 Å². The number of aromatic nitrogens is 1. The molecule has 1 aromatic heterocycles. The molecule has 0 fully saturated rings. The van der Waals surface area contributed by atoms with Crippen LogP contribution in [0.2, 0.25) is 5.02 Å². The van der Waals surface area contributed by atoms with Crippen LogP contribution in [0.3, 0.4) is 0 Å². The number of pyridine rings is 1. The van der Waals surface area contributed by atoms with Crippen molar-refractivity contribution in [1.29, 1.82) is 5.26 Å². The molecule has 4 heteroatoms. The first-order valence-electron chi connectivity index (χ1n) is 2.52. The summed E-state index contributed by atoms with van der Waals surface area (Å²) in [6.07, 6.45) is 1.55. The summed E-state index contributed by atoms with van der Waals surface area (Å²) in [6.45, 7) is 0. The van der Waals surface area contributed by atoms with E-state index in [0.717, 1.165) is 0 Å². The molecule has 1 heterocycles. The van der Waals surface area contributed by atoms with Gasteiger partial charge in [-0.1, -0.05) is 23.8 Å². The van der Waals surface area contributed by atoms with Crippen molar-refractivity contribution in [2.45, 2.75) is 0 Å². The van der Waals surface area contributed by atoms with E-state index in [2.05, 4.69) is 4.98 Å². The maximum atomic E-state index is 8.45. The van der Waals surface area contributed by atoms with Crippen molar-refractivity contribution in [3.8, 4) is 6.07 Å². The van der Waals surface area contributed by atoms with E-state index in [1.807, 2.05) is 6.07 Å². The Kier molecular flexibility index (Phi) is 2.05. The van der Waals surface area contributed by atoms with Gasteiger partial charge in [0.2, 0.25) is 0 Å². The van der Waals surface area contributed by atoms with Crippen LogP contribution in [0, 0.1) is 16.0 Å². The standard InChI is InChI=1S/C6H3ClN2S/c7-5-1-4(2-8)6(10)9-3-5/h1,3H,(H,9,10). The predicted octanol–water partition coefficient (Wildman–Crippen LogP) is 2.27. The molecule has 0 atom stereocenters. The Morgan fingerprint density at radius 1 is 1.70 bits per heavy atom. The lowest BCUT2D eigenvalue weighted by atomic mass is 10.3. The zero-order valence-corrected chi connectivity index (χ0v) is 6.46. The molecule has 0 aliphatic rings.